The molecule has 2 nitrogen and oxygen atoms in total. The lowest BCUT2D eigenvalue weighted by Gasteiger charge is -2.34. The highest BCUT2D eigenvalue weighted by atomic mass is 15.1. The van der Waals surface area contributed by atoms with Gasteiger partial charge in [0.1, 0.15) is 0 Å². The smallest absolute Gasteiger partial charge is 0.0174 e. The molecule has 0 radical (unpaired) electrons. The highest BCUT2D eigenvalue weighted by molar-refractivity contribution is 5.25. The first kappa shape index (κ1) is 14.2. The summed E-state index contributed by atoms with van der Waals surface area (Å²) in [5.41, 5.74) is 7.42. The fourth-order valence-electron chi connectivity index (χ4n) is 2.27. The average Bonchev–Trinajstić information content (AvgIpc) is 2.39. The number of nitrogens with zero attached hydrogens (tertiary/aromatic N) is 1. The lowest BCUT2D eigenvalue weighted by molar-refractivity contribution is 0.227. The molecule has 0 aliphatic carbocycles. The third-order valence-electron chi connectivity index (χ3n) is 3.48. The molecule has 0 aliphatic rings. The standard InChI is InChI=1S/C15H26N2/c1-4-11-17(5-2)13-15(3,12-16)14-9-7-6-8-10-14/h6-10H,4-5,11-13,16H2,1-3H3. The molecule has 0 heterocycles. The first-order valence-corrected chi connectivity index (χ1v) is 6.64. The molecular formula is C15H26N2. The van der Waals surface area contributed by atoms with Crippen molar-refractivity contribution < 1.29 is 0 Å². The van der Waals surface area contributed by atoms with E-state index in [1.807, 2.05) is 0 Å². The van der Waals surface area contributed by atoms with E-state index in [2.05, 4.69) is 56.0 Å². The van der Waals surface area contributed by atoms with Crippen molar-refractivity contribution in [1.29, 1.82) is 0 Å². The van der Waals surface area contributed by atoms with Crippen molar-refractivity contribution in [2.45, 2.75) is 32.6 Å². The van der Waals surface area contributed by atoms with Crippen molar-refractivity contribution in [3.05, 3.63) is 35.9 Å². The Morgan fingerprint density at radius 3 is 2.29 bits per heavy atom. The van der Waals surface area contributed by atoms with Gasteiger partial charge in [0.15, 0.2) is 0 Å². The van der Waals surface area contributed by atoms with E-state index in [9.17, 15) is 0 Å². The minimum atomic E-state index is 0.0619. The summed E-state index contributed by atoms with van der Waals surface area (Å²) in [6.45, 7) is 10.7. The Kier molecular flexibility index (Phi) is 5.66. The van der Waals surface area contributed by atoms with Crippen LogP contribution in [0.15, 0.2) is 30.3 Å². The van der Waals surface area contributed by atoms with Crippen LogP contribution in [-0.2, 0) is 5.41 Å². The van der Waals surface area contributed by atoms with Crippen LogP contribution in [-0.4, -0.2) is 31.1 Å². The van der Waals surface area contributed by atoms with Crippen LogP contribution in [0, 0.1) is 0 Å². The molecule has 0 aliphatic heterocycles. The van der Waals surface area contributed by atoms with E-state index in [1.165, 1.54) is 12.0 Å². The number of rotatable bonds is 7. The quantitative estimate of drug-likeness (QED) is 0.786. The van der Waals surface area contributed by atoms with Crippen LogP contribution in [0.25, 0.3) is 0 Å². The molecule has 0 fully saturated rings. The minimum Gasteiger partial charge on any atom is -0.330 e. The predicted molar refractivity (Wildman–Crippen MR) is 75.3 cm³/mol. The van der Waals surface area contributed by atoms with Crippen molar-refractivity contribution >= 4 is 0 Å². The zero-order valence-electron chi connectivity index (χ0n) is 11.4. The number of hydrogen-bond acceptors (Lipinski definition) is 2. The molecule has 1 unspecified atom stereocenters. The van der Waals surface area contributed by atoms with Gasteiger partial charge in [0, 0.05) is 18.5 Å². The van der Waals surface area contributed by atoms with Crippen molar-refractivity contribution in [2.75, 3.05) is 26.2 Å². The van der Waals surface area contributed by atoms with Crippen LogP contribution in [0.2, 0.25) is 0 Å². The molecule has 0 saturated heterocycles. The Bertz CT molecular complexity index is 310. The molecule has 1 aromatic rings. The summed E-state index contributed by atoms with van der Waals surface area (Å²) in [5, 5.41) is 0. The van der Waals surface area contributed by atoms with E-state index in [0.717, 1.165) is 19.6 Å². The largest absolute Gasteiger partial charge is 0.330 e. The van der Waals surface area contributed by atoms with Gasteiger partial charge in [0.05, 0.1) is 0 Å². The molecule has 0 aromatic heterocycles. The fraction of sp³-hybridized carbons (Fsp3) is 0.600. The maximum atomic E-state index is 6.01. The van der Waals surface area contributed by atoms with Crippen LogP contribution in [0.5, 0.6) is 0 Å². The van der Waals surface area contributed by atoms with Crippen LogP contribution in [0.1, 0.15) is 32.8 Å². The summed E-state index contributed by atoms with van der Waals surface area (Å²) in [7, 11) is 0. The second-order valence-electron chi connectivity index (χ2n) is 5.00. The van der Waals surface area contributed by atoms with Gasteiger partial charge in [-0.05, 0) is 25.1 Å². The van der Waals surface area contributed by atoms with E-state index in [-0.39, 0.29) is 5.41 Å². The van der Waals surface area contributed by atoms with Crippen LogP contribution < -0.4 is 5.73 Å². The Balaban J connectivity index is 2.81. The monoisotopic (exact) mass is 234 g/mol. The lowest BCUT2D eigenvalue weighted by atomic mass is 9.82. The molecule has 0 spiro atoms. The summed E-state index contributed by atoms with van der Waals surface area (Å²) in [4.78, 5) is 2.49. The molecular weight excluding hydrogens is 208 g/mol. The molecule has 1 atom stereocenters. The summed E-state index contributed by atoms with van der Waals surface area (Å²) in [5.74, 6) is 0. The van der Waals surface area contributed by atoms with E-state index in [4.69, 9.17) is 5.73 Å². The highest BCUT2D eigenvalue weighted by Crippen LogP contribution is 2.23. The first-order valence-electron chi connectivity index (χ1n) is 6.64. The Labute approximate surface area is 106 Å². The summed E-state index contributed by atoms with van der Waals surface area (Å²) in [6.07, 6.45) is 1.20. The number of hydrogen-bond donors (Lipinski definition) is 1. The normalized spacial score (nSPS) is 14.9. The van der Waals surface area contributed by atoms with Crippen LogP contribution >= 0.6 is 0 Å². The third-order valence-corrected chi connectivity index (χ3v) is 3.48. The second kappa shape index (κ2) is 6.77. The van der Waals surface area contributed by atoms with Gasteiger partial charge >= 0.3 is 0 Å². The van der Waals surface area contributed by atoms with Gasteiger partial charge in [-0.15, -0.1) is 0 Å². The van der Waals surface area contributed by atoms with Crippen molar-refractivity contribution in [3.63, 3.8) is 0 Å². The second-order valence-corrected chi connectivity index (χ2v) is 5.00. The summed E-state index contributed by atoms with van der Waals surface area (Å²) < 4.78 is 0. The van der Waals surface area contributed by atoms with Gasteiger partial charge in [0.2, 0.25) is 0 Å². The summed E-state index contributed by atoms with van der Waals surface area (Å²) in [6, 6.07) is 10.6. The number of nitrogens with two attached hydrogens (primary N) is 1. The Morgan fingerprint density at radius 2 is 1.82 bits per heavy atom. The van der Waals surface area contributed by atoms with Crippen molar-refractivity contribution in [1.82, 2.24) is 4.90 Å². The molecule has 1 rings (SSSR count). The average molecular weight is 234 g/mol. The SMILES string of the molecule is CCCN(CC)CC(C)(CN)c1ccccc1. The Morgan fingerprint density at radius 1 is 1.18 bits per heavy atom. The van der Waals surface area contributed by atoms with E-state index in [0.29, 0.717) is 6.54 Å². The molecule has 2 N–H and O–H groups in total. The maximum Gasteiger partial charge on any atom is 0.0174 e. The van der Waals surface area contributed by atoms with E-state index in [1.54, 1.807) is 0 Å². The van der Waals surface area contributed by atoms with E-state index >= 15 is 0 Å². The minimum absolute atomic E-state index is 0.0619. The zero-order chi connectivity index (χ0) is 12.7. The molecule has 2 heteroatoms. The first-order chi connectivity index (χ1) is 8.16. The number of benzene rings is 1. The van der Waals surface area contributed by atoms with Crippen molar-refractivity contribution in [2.24, 2.45) is 5.73 Å². The molecule has 96 valence electrons. The van der Waals surface area contributed by atoms with Crippen LogP contribution in [0.3, 0.4) is 0 Å². The lowest BCUT2D eigenvalue weighted by Crippen LogP contribution is -2.44. The highest BCUT2D eigenvalue weighted by Gasteiger charge is 2.26. The molecule has 0 amide bonds. The molecule has 17 heavy (non-hydrogen) atoms. The van der Waals surface area contributed by atoms with Gasteiger partial charge < -0.3 is 10.6 Å². The van der Waals surface area contributed by atoms with E-state index < -0.39 is 0 Å². The topological polar surface area (TPSA) is 29.3 Å². The van der Waals surface area contributed by atoms with Gasteiger partial charge in [-0.2, -0.15) is 0 Å². The molecule has 0 bridgehead atoms. The fourth-order valence-corrected chi connectivity index (χ4v) is 2.27. The number of likely N-dealkylation sites (N-methyl/N-ethyl adjacent to an activating group) is 1. The third kappa shape index (κ3) is 3.83. The zero-order valence-corrected chi connectivity index (χ0v) is 11.4. The molecule has 1 aromatic carbocycles. The van der Waals surface area contributed by atoms with Gasteiger partial charge in [0.25, 0.3) is 0 Å². The predicted octanol–water partition coefficient (Wildman–Crippen LogP) is 2.63. The Hall–Kier alpha value is -0.860. The van der Waals surface area contributed by atoms with Gasteiger partial charge in [-0.3, -0.25) is 0 Å². The summed E-state index contributed by atoms with van der Waals surface area (Å²) >= 11 is 0. The van der Waals surface area contributed by atoms with Gasteiger partial charge in [-0.25, -0.2) is 0 Å². The molecule has 0 saturated carbocycles. The van der Waals surface area contributed by atoms with Crippen LogP contribution in [0.4, 0.5) is 0 Å². The van der Waals surface area contributed by atoms with Gasteiger partial charge in [-0.1, -0.05) is 51.1 Å². The van der Waals surface area contributed by atoms with Crippen molar-refractivity contribution in [3.8, 4) is 0 Å². The maximum absolute atomic E-state index is 6.01.